The van der Waals surface area contributed by atoms with E-state index in [4.69, 9.17) is 25.8 Å². The number of rotatable bonds is 8. The summed E-state index contributed by atoms with van der Waals surface area (Å²) in [6, 6.07) is 12.6. The number of fused-ring (bicyclic) bond motifs is 1. The van der Waals surface area contributed by atoms with Crippen molar-refractivity contribution in [1.29, 1.82) is 0 Å². The third kappa shape index (κ3) is 5.11. The molecule has 1 atom stereocenters. The van der Waals surface area contributed by atoms with Crippen LogP contribution in [0.4, 0.5) is 0 Å². The molecule has 0 aliphatic carbocycles. The highest BCUT2D eigenvalue weighted by atomic mass is 35.5. The summed E-state index contributed by atoms with van der Waals surface area (Å²) in [6.07, 6.45) is 0.838. The summed E-state index contributed by atoms with van der Waals surface area (Å²) in [5.74, 6) is 1.90. The molecular formula is C23H23ClN2O4S. The maximum Gasteiger partial charge on any atom is 0.254 e. The smallest absolute Gasteiger partial charge is 0.254 e. The molecule has 0 saturated heterocycles. The number of carbonyl (C=O) groups excluding carboxylic acids is 1. The van der Waals surface area contributed by atoms with Crippen LogP contribution in [0, 0.1) is 0 Å². The number of hydrogen-bond donors (Lipinski definition) is 0. The molecule has 6 nitrogen and oxygen atoms in total. The van der Waals surface area contributed by atoms with E-state index in [0.29, 0.717) is 41.0 Å². The summed E-state index contributed by atoms with van der Waals surface area (Å²) in [5.41, 5.74) is 1.41. The van der Waals surface area contributed by atoms with Gasteiger partial charge < -0.3 is 19.1 Å². The lowest BCUT2D eigenvalue weighted by Crippen LogP contribution is -2.37. The van der Waals surface area contributed by atoms with Gasteiger partial charge in [0.25, 0.3) is 5.91 Å². The molecule has 2 heterocycles. The van der Waals surface area contributed by atoms with Gasteiger partial charge >= 0.3 is 0 Å². The fourth-order valence-corrected chi connectivity index (χ4v) is 4.08. The van der Waals surface area contributed by atoms with E-state index in [2.05, 4.69) is 11.9 Å². The van der Waals surface area contributed by atoms with E-state index < -0.39 is 0 Å². The van der Waals surface area contributed by atoms with Gasteiger partial charge in [0, 0.05) is 22.0 Å². The van der Waals surface area contributed by atoms with E-state index in [1.54, 1.807) is 30.3 Å². The number of aromatic nitrogens is 1. The molecule has 1 aliphatic rings. The molecule has 0 bridgehead atoms. The van der Waals surface area contributed by atoms with Gasteiger partial charge in [0.15, 0.2) is 11.5 Å². The second kappa shape index (κ2) is 9.58. The minimum Gasteiger partial charge on any atom is -0.486 e. The van der Waals surface area contributed by atoms with Crippen molar-refractivity contribution in [2.45, 2.75) is 39.5 Å². The number of carbonyl (C=O) groups is 1. The fraction of sp³-hybridized carbons (Fsp3) is 0.304. The largest absolute Gasteiger partial charge is 0.486 e. The van der Waals surface area contributed by atoms with Gasteiger partial charge in [-0.2, -0.15) is 0 Å². The highest BCUT2D eigenvalue weighted by Crippen LogP contribution is 2.33. The van der Waals surface area contributed by atoms with Crippen LogP contribution in [0.15, 0.2) is 47.8 Å². The Labute approximate surface area is 190 Å². The number of benzene rings is 2. The predicted octanol–water partition coefficient (Wildman–Crippen LogP) is 5.55. The number of halogens is 1. The first-order chi connectivity index (χ1) is 15.0. The Hall–Kier alpha value is -2.77. The fourth-order valence-electron chi connectivity index (χ4n) is 3.21. The first-order valence-electron chi connectivity index (χ1n) is 10.1. The number of amides is 1. The van der Waals surface area contributed by atoms with E-state index in [1.165, 1.54) is 11.3 Å². The summed E-state index contributed by atoms with van der Waals surface area (Å²) < 4.78 is 16.5. The molecule has 0 unspecified atom stereocenters. The number of hydrogen-bond acceptors (Lipinski definition) is 6. The van der Waals surface area contributed by atoms with Crippen LogP contribution >= 0.6 is 22.9 Å². The summed E-state index contributed by atoms with van der Waals surface area (Å²) in [7, 11) is 0. The lowest BCUT2D eigenvalue weighted by atomic mass is 10.1. The SMILES string of the molecule is CC[C@@H](C)N(Cc1csc(COc2cccc(Cl)c2)n1)C(=O)c1ccc2c(c1)OCO2. The van der Waals surface area contributed by atoms with Gasteiger partial charge in [-0.1, -0.05) is 24.6 Å². The third-order valence-electron chi connectivity index (χ3n) is 5.09. The average molecular weight is 459 g/mol. The number of thiazole rings is 1. The van der Waals surface area contributed by atoms with Crippen molar-refractivity contribution in [2.75, 3.05) is 6.79 Å². The van der Waals surface area contributed by atoms with Crippen LogP contribution in [-0.4, -0.2) is 28.6 Å². The van der Waals surface area contributed by atoms with E-state index in [-0.39, 0.29) is 18.7 Å². The van der Waals surface area contributed by atoms with Crippen molar-refractivity contribution in [2.24, 2.45) is 0 Å². The Bertz CT molecular complexity index is 1070. The first-order valence-corrected chi connectivity index (χ1v) is 11.3. The van der Waals surface area contributed by atoms with E-state index in [9.17, 15) is 4.79 Å². The van der Waals surface area contributed by atoms with E-state index >= 15 is 0 Å². The first kappa shape index (κ1) is 21.5. The number of nitrogens with zero attached hydrogens (tertiary/aromatic N) is 2. The molecule has 1 amide bonds. The number of ether oxygens (including phenoxy) is 3. The zero-order chi connectivity index (χ0) is 21.8. The zero-order valence-electron chi connectivity index (χ0n) is 17.3. The van der Waals surface area contributed by atoms with Crippen LogP contribution in [0.5, 0.6) is 17.2 Å². The van der Waals surface area contributed by atoms with Crippen LogP contribution in [-0.2, 0) is 13.2 Å². The second-order valence-corrected chi connectivity index (χ2v) is 8.62. The van der Waals surface area contributed by atoms with Gasteiger partial charge in [0.2, 0.25) is 6.79 Å². The average Bonchev–Trinajstić information content (AvgIpc) is 3.43. The molecule has 0 radical (unpaired) electrons. The topological polar surface area (TPSA) is 60.9 Å². The Morgan fingerprint density at radius 1 is 1.26 bits per heavy atom. The molecule has 0 spiro atoms. The molecule has 0 saturated carbocycles. The molecular weight excluding hydrogens is 436 g/mol. The minimum absolute atomic E-state index is 0.0580. The predicted molar refractivity (Wildman–Crippen MR) is 120 cm³/mol. The van der Waals surface area contributed by atoms with Gasteiger partial charge in [-0.3, -0.25) is 4.79 Å². The molecule has 0 fully saturated rings. The molecule has 3 aromatic rings. The van der Waals surface area contributed by atoms with Crippen LogP contribution in [0.25, 0.3) is 0 Å². The molecule has 31 heavy (non-hydrogen) atoms. The standard InChI is InChI=1S/C23H23ClN2O4S/c1-3-15(2)26(23(27)16-7-8-20-21(9-16)30-14-29-20)11-18-13-31-22(25-18)12-28-19-6-4-5-17(24)10-19/h4-10,13,15H,3,11-12,14H2,1-2H3/t15-/m1/s1. The van der Waals surface area contributed by atoms with Crippen molar-refractivity contribution in [1.82, 2.24) is 9.88 Å². The molecule has 162 valence electrons. The third-order valence-corrected chi connectivity index (χ3v) is 6.20. The van der Waals surface area contributed by atoms with Gasteiger partial charge in [-0.05, 0) is 49.7 Å². The van der Waals surface area contributed by atoms with Crippen molar-refractivity contribution < 1.29 is 19.0 Å². The summed E-state index contributed by atoms with van der Waals surface area (Å²) in [4.78, 5) is 19.8. The van der Waals surface area contributed by atoms with E-state index in [1.807, 2.05) is 29.3 Å². The quantitative estimate of drug-likeness (QED) is 0.443. The molecule has 4 rings (SSSR count). The Balaban J connectivity index is 1.45. The zero-order valence-corrected chi connectivity index (χ0v) is 18.9. The van der Waals surface area contributed by atoms with Crippen LogP contribution in [0.2, 0.25) is 5.02 Å². The molecule has 1 aromatic heterocycles. The maximum atomic E-state index is 13.3. The van der Waals surface area contributed by atoms with Gasteiger partial charge in [0.05, 0.1) is 12.2 Å². The summed E-state index contributed by atoms with van der Waals surface area (Å²) in [5, 5.41) is 3.44. The van der Waals surface area contributed by atoms with Gasteiger partial charge in [0.1, 0.15) is 17.4 Å². The Kier molecular flexibility index (Phi) is 6.63. The molecule has 8 heteroatoms. The molecule has 2 aromatic carbocycles. The minimum atomic E-state index is -0.0580. The molecule has 0 N–H and O–H groups in total. The van der Waals surface area contributed by atoms with E-state index in [0.717, 1.165) is 17.1 Å². The van der Waals surface area contributed by atoms with Gasteiger partial charge in [-0.25, -0.2) is 4.98 Å². The van der Waals surface area contributed by atoms with Crippen molar-refractivity contribution in [3.05, 3.63) is 69.1 Å². The van der Waals surface area contributed by atoms with Crippen molar-refractivity contribution in [3.8, 4) is 17.2 Å². The second-order valence-electron chi connectivity index (χ2n) is 7.24. The molecule has 1 aliphatic heterocycles. The van der Waals surface area contributed by atoms with Crippen LogP contribution < -0.4 is 14.2 Å². The highest BCUT2D eigenvalue weighted by Gasteiger charge is 2.24. The summed E-state index contributed by atoms with van der Waals surface area (Å²) in [6.45, 7) is 5.07. The lowest BCUT2D eigenvalue weighted by Gasteiger charge is -2.28. The Morgan fingerprint density at radius 2 is 2.10 bits per heavy atom. The summed E-state index contributed by atoms with van der Waals surface area (Å²) >= 11 is 7.51. The lowest BCUT2D eigenvalue weighted by molar-refractivity contribution is 0.0668. The van der Waals surface area contributed by atoms with Gasteiger partial charge in [-0.15, -0.1) is 11.3 Å². The van der Waals surface area contributed by atoms with Crippen LogP contribution in [0.1, 0.15) is 41.3 Å². The highest BCUT2D eigenvalue weighted by molar-refractivity contribution is 7.09. The van der Waals surface area contributed by atoms with Crippen molar-refractivity contribution in [3.63, 3.8) is 0 Å². The maximum absolute atomic E-state index is 13.3. The Morgan fingerprint density at radius 3 is 2.90 bits per heavy atom. The normalized spacial score (nSPS) is 13.1. The van der Waals surface area contributed by atoms with Crippen molar-refractivity contribution >= 4 is 28.8 Å². The monoisotopic (exact) mass is 458 g/mol. The van der Waals surface area contributed by atoms with Crippen LogP contribution in [0.3, 0.4) is 0 Å².